The molecule has 11 rings (SSSR count). The van der Waals surface area contributed by atoms with Gasteiger partial charge in [-0.15, -0.1) is 6.42 Å². The Morgan fingerprint density at radius 1 is 0.987 bits per heavy atom. The molecule has 0 saturated carbocycles. The van der Waals surface area contributed by atoms with Gasteiger partial charge in [0.05, 0.1) is 51.4 Å². The minimum atomic E-state index is -1.63. The summed E-state index contributed by atoms with van der Waals surface area (Å²) < 4.78 is 81.8. The number of aromatic nitrogens is 4. The minimum absolute atomic E-state index is 0.0244. The molecule has 410 valence electrons. The number of benzene rings is 3. The number of fused-ring (bicyclic) bond motifs is 7. The lowest BCUT2D eigenvalue weighted by atomic mass is 9.95. The highest BCUT2D eigenvalue weighted by molar-refractivity contribution is 5.96. The van der Waals surface area contributed by atoms with E-state index in [1.54, 1.807) is 11.0 Å². The van der Waals surface area contributed by atoms with Crippen molar-refractivity contribution in [3.05, 3.63) is 139 Å². The van der Waals surface area contributed by atoms with Gasteiger partial charge in [0, 0.05) is 64.9 Å². The summed E-state index contributed by atoms with van der Waals surface area (Å²) in [5.41, 5.74) is 4.57. The fourth-order valence-electron chi connectivity index (χ4n) is 11.1. The first-order valence-electron chi connectivity index (χ1n) is 25.7. The Labute approximate surface area is 451 Å². The van der Waals surface area contributed by atoms with Crippen LogP contribution in [0.15, 0.2) is 72.2 Å². The number of nitrogens with zero attached hydrogens (tertiary/aromatic N) is 7. The number of halogens is 4. The second-order valence-corrected chi connectivity index (χ2v) is 19.4. The second kappa shape index (κ2) is 22.4. The van der Waals surface area contributed by atoms with Crippen LogP contribution in [0.5, 0.6) is 6.01 Å². The molecular formula is C58H57F4N9O8. The topological polar surface area (TPSA) is 208 Å². The Morgan fingerprint density at radius 2 is 1.70 bits per heavy atom. The van der Waals surface area contributed by atoms with Gasteiger partial charge in [-0.3, -0.25) is 19.8 Å². The number of piperazine rings is 1. The number of nitrogens with one attached hydrogen (secondary N) is 1. The number of cyclic esters (lactones) is 1. The molecule has 3 fully saturated rings. The van der Waals surface area contributed by atoms with Crippen LogP contribution in [0.2, 0.25) is 0 Å². The molecule has 17 nitrogen and oxygen atoms in total. The van der Waals surface area contributed by atoms with Gasteiger partial charge in [0.1, 0.15) is 48.6 Å². The van der Waals surface area contributed by atoms with E-state index in [2.05, 4.69) is 51.6 Å². The maximum Gasteiger partial charge on any atom is 0.412 e. The zero-order chi connectivity index (χ0) is 56.6. The van der Waals surface area contributed by atoms with Gasteiger partial charge in [-0.1, -0.05) is 45.6 Å². The summed E-state index contributed by atoms with van der Waals surface area (Å²) >= 11 is 0. The molecule has 2 amide bonds. The van der Waals surface area contributed by atoms with Gasteiger partial charge in [-0.05, 0) is 93.0 Å². The Morgan fingerprint density at radius 3 is 2.39 bits per heavy atom. The van der Waals surface area contributed by atoms with Crippen molar-refractivity contribution in [3.63, 3.8) is 0 Å². The van der Waals surface area contributed by atoms with Crippen LogP contribution in [0.25, 0.3) is 45.3 Å². The second-order valence-electron chi connectivity index (χ2n) is 19.4. The lowest BCUT2D eigenvalue weighted by Gasteiger charge is -2.36. The summed E-state index contributed by atoms with van der Waals surface area (Å²) in [7, 11) is 0. The van der Waals surface area contributed by atoms with E-state index in [-0.39, 0.29) is 124 Å². The summed E-state index contributed by atoms with van der Waals surface area (Å²) in [5, 5.41) is 13.6. The number of pyridine rings is 2. The molecule has 3 aromatic carbocycles. The molecule has 21 heteroatoms. The smallest absolute Gasteiger partial charge is 0.412 e. The molecule has 5 aliphatic heterocycles. The molecule has 6 aromatic rings. The monoisotopic (exact) mass is 1080 g/mol. The molecule has 0 radical (unpaired) electrons. The highest BCUT2D eigenvalue weighted by Gasteiger charge is 2.45. The SMILES string of the molecule is C#Cc1c(F)ccc(=C)/c1=C(\C)c1c(F)cc2c(N3CCN(C(=O)C(=C)COC(=O)Nc4cc5cc6c(nc5cc4F)-c4cc5c(c(=O)n4C6)COC(=O)C5O)CC3)nc(OCC34CCCN3CCC4)nc2c1F.C=CN.CC. The number of anilines is 2. The molecule has 79 heavy (non-hydrogen) atoms. The number of ether oxygens (including phenoxy) is 3. The summed E-state index contributed by atoms with van der Waals surface area (Å²) in [6.07, 6.45) is 8.06. The Balaban J connectivity index is 0.00000147. The maximum atomic E-state index is 17.0. The van der Waals surface area contributed by atoms with Crippen LogP contribution in [0, 0.1) is 35.6 Å². The van der Waals surface area contributed by atoms with E-state index < -0.39 is 65.1 Å². The van der Waals surface area contributed by atoms with Crippen molar-refractivity contribution < 1.29 is 51.3 Å². The number of aliphatic hydroxyl groups excluding tert-OH is 1. The third-order valence-electron chi connectivity index (χ3n) is 14.9. The van der Waals surface area contributed by atoms with Crippen molar-refractivity contribution in [2.24, 2.45) is 5.73 Å². The van der Waals surface area contributed by atoms with Gasteiger partial charge < -0.3 is 39.4 Å². The molecule has 0 aliphatic carbocycles. The van der Waals surface area contributed by atoms with Crippen LogP contribution >= 0.6 is 0 Å². The molecule has 0 spiro atoms. The maximum absolute atomic E-state index is 17.0. The number of aliphatic hydroxyl groups is 1. The number of rotatable bonds is 9. The van der Waals surface area contributed by atoms with Crippen molar-refractivity contribution in [2.45, 2.75) is 71.2 Å². The van der Waals surface area contributed by atoms with Crippen molar-refractivity contribution in [2.75, 3.05) is 62.7 Å². The minimum Gasteiger partial charge on any atom is -0.461 e. The molecule has 4 N–H and O–H groups in total. The summed E-state index contributed by atoms with van der Waals surface area (Å²) in [4.78, 5) is 71.5. The van der Waals surface area contributed by atoms with Crippen LogP contribution in [-0.2, 0) is 32.2 Å². The van der Waals surface area contributed by atoms with Crippen LogP contribution in [0.1, 0.15) is 80.4 Å². The lowest BCUT2D eigenvalue weighted by Crippen LogP contribution is -2.49. The van der Waals surface area contributed by atoms with E-state index in [0.717, 1.165) is 57.0 Å². The lowest BCUT2D eigenvalue weighted by molar-refractivity contribution is -0.157. The van der Waals surface area contributed by atoms with Crippen LogP contribution < -0.4 is 36.7 Å². The van der Waals surface area contributed by atoms with Crippen molar-refractivity contribution in [1.82, 2.24) is 29.3 Å². The number of hydrogen-bond donors (Lipinski definition) is 3. The summed E-state index contributed by atoms with van der Waals surface area (Å²) in [6.45, 7) is 18.3. The number of esters is 1. The van der Waals surface area contributed by atoms with Gasteiger partial charge in [-0.2, -0.15) is 9.97 Å². The number of nitrogens with two attached hydrogens (primary N) is 1. The average Bonchev–Trinajstić information content (AvgIpc) is 4.37. The molecule has 1 unspecified atom stereocenters. The van der Waals surface area contributed by atoms with E-state index in [1.807, 2.05) is 13.8 Å². The van der Waals surface area contributed by atoms with E-state index in [0.29, 0.717) is 22.3 Å². The fourth-order valence-corrected chi connectivity index (χ4v) is 11.1. The summed E-state index contributed by atoms with van der Waals surface area (Å²) in [6, 6.07) is 9.19. The van der Waals surface area contributed by atoms with Crippen LogP contribution in [0.4, 0.5) is 33.9 Å². The van der Waals surface area contributed by atoms with Gasteiger partial charge in [-0.25, -0.2) is 32.1 Å². The van der Waals surface area contributed by atoms with Gasteiger partial charge in [0.25, 0.3) is 11.5 Å². The molecule has 5 aliphatic rings. The highest BCUT2D eigenvalue weighted by atomic mass is 19.1. The normalized spacial score (nSPS) is 17.2. The average molecular weight is 1080 g/mol. The zero-order valence-corrected chi connectivity index (χ0v) is 43.8. The van der Waals surface area contributed by atoms with E-state index in [4.69, 9.17) is 25.6 Å². The quantitative estimate of drug-likeness (QED) is 0.0637. The van der Waals surface area contributed by atoms with Crippen molar-refractivity contribution >= 4 is 63.4 Å². The first-order chi connectivity index (χ1) is 37.9. The van der Waals surface area contributed by atoms with Gasteiger partial charge in [0.2, 0.25) is 0 Å². The molecule has 3 saturated heterocycles. The molecule has 0 bridgehead atoms. The third-order valence-corrected chi connectivity index (χ3v) is 14.9. The largest absolute Gasteiger partial charge is 0.461 e. The predicted molar refractivity (Wildman–Crippen MR) is 289 cm³/mol. The standard InChI is InChI=1S/C54H46F4N8O8.C2H5N.C2H6/c1-5-32-36(55)9-8-27(2)42(32)29(4)43-38(57)20-34-46(44(43)58)61-52(74-26-54-10-6-12-65(54)13-7-11-54)62-48(34)63-14-16-64(17-15-63)49(68)28(3)24-73-53(71)60-40-19-30-18-31-23-66-41(45(31)59-39(30)22-37(40)56)21-33-35(50(66)69)25-72-51(70)47(33)67;1-2-3;1-2/h1,8-9,18-22,47,67H,2-3,6-7,10-17,23-26H2,4H3,(H,60,71);2H,1,3H2;1-2H3/b42-29-;;. The molecule has 8 heterocycles. The van der Waals surface area contributed by atoms with Crippen LogP contribution in [-0.4, -0.2) is 110 Å². The van der Waals surface area contributed by atoms with Crippen molar-refractivity contribution in [3.8, 4) is 29.7 Å². The molecule has 1 atom stereocenters. The fraction of sp³-hybridized carbons (Fsp3) is 0.328. The first kappa shape index (κ1) is 55.2. The van der Waals surface area contributed by atoms with Crippen molar-refractivity contribution in [1.29, 1.82) is 0 Å². The number of carbonyl (C=O) groups excluding carboxylic acids is 3. The van der Waals surface area contributed by atoms with Gasteiger partial charge >= 0.3 is 18.1 Å². The Hall–Kier alpha value is -8.61. The molecule has 3 aromatic heterocycles. The number of hydrogen-bond acceptors (Lipinski definition) is 14. The van der Waals surface area contributed by atoms with E-state index in [9.17, 15) is 28.7 Å². The predicted octanol–water partition coefficient (Wildman–Crippen LogP) is 6.20. The Kier molecular flexibility index (Phi) is 15.6. The number of carbonyl (C=O) groups is 3. The molecular weight excluding hydrogens is 1030 g/mol. The zero-order valence-electron chi connectivity index (χ0n) is 43.8. The third kappa shape index (κ3) is 10.1. The Bertz CT molecular complexity index is 3750. The van der Waals surface area contributed by atoms with E-state index in [1.165, 1.54) is 40.8 Å². The van der Waals surface area contributed by atoms with Gasteiger partial charge in [0.15, 0.2) is 11.9 Å². The number of amides is 2. The first-order valence-corrected chi connectivity index (χ1v) is 25.7. The highest BCUT2D eigenvalue weighted by Crippen LogP contribution is 2.41. The van der Waals surface area contributed by atoms with E-state index >= 15 is 13.2 Å². The van der Waals surface area contributed by atoms with Crippen LogP contribution in [0.3, 0.4) is 0 Å². The summed E-state index contributed by atoms with van der Waals surface area (Å²) in [5.74, 6) is -2.53. The number of terminal acetylenes is 1.